The minimum atomic E-state index is -0.206. The van der Waals surface area contributed by atoms with Crippen LogP contribution in [0.2, 0.25) is 0 Å². The summed E-state index contributed by atoms with van der Waals surface area (Å²) >= 11 is 1.63. The van der Waals surface area contributed by atoms with Crippen LogP contribution in [0.3, 0.4) is 0 Å². The third-order valence-corrected chi connectivity index (χ3v) is 4.92. The highest BCUT2D eigenvalue weighted by Gasteiger charge is 2.37. The normalized spacial score (nSPS) is 16.6. The Kier molecular flexibility index (Phi) is 3.40. The van der Waals surface area contributed by atoms with Crippen LogP contribution in [0.1, 0.15) is 24.3 Å². The molecular formula is C15H18N2O2S. The highest BCUT2D eigenvalue weighted by Crippen LogP contribution is 2.42. The number of hydrogen-bond donors (Lipinski definition) is 1. The Bertz CT molecular complexity index is 620. The van der Waals surface area contributed by atoms with Gasteiger partial charge in [0.25, 0.3) is 0 Å². The zero-order valence-electron chi connectivity index (χ0n) is 11.7. The van der Waals surface area contributed by atoms with E-state index in [1.807, 2.05) is 23.6 Å². The van der Waals surface area contributed by atoms with Crippen LogP contribution >= 0.6 is 11.3 Å². The van der Waals surface area contributed by atoms with Crippen molar-refractivity contribution in [3.63, 3.8) is 0 Å². The maximum Gasteiger partial charge on any atom is 0.131 e. The summed E-state index contributed by atoms with van der Waals surface area (Å²) < 4.78 is 10.6. The average Bonchev–Trinajstić information content (AvgIpc) is 2.93. The van der Waals surface area contributed by atoms with E-state index in [1.54, 1.807) is 25.6 Å². The van der Waals surface area contributed by atoms with Gasteiger partial charge < -0.3 is 15.2 Å². The predicted octanol–water partition coefficient (Wildman–Crippen LogP) is 3.17. The van der Waals surface area contributed by atoms with Gasteiger partial charge in [-0.3, -0.25) is 0 Å². The number of aromatic nitrogens is 1. The lowest BCUT2D eigenvalue weighted by molar-refractivity contribution is 0.253. The second-order valence-electron chi connectivity index (χ2n) is 5.11. The molecule has 1 fully saturated rings. The summed E-state index contributed by atoms with van der Waals surface area (Å²) in [5, 5.41) is 3.07. The topological polar surface area (TPSA) is 57.4 Å². The Balaban J connectivity index is 1.97. The fraction of sp³-hybridized carbons (Fsp3) is 0.400. The lowest BCUT2D eigenvalue weighted by atomic mass is 9.78. The summed E-state index contributed by atoms with van der Waals surface area (Å²) in [7, 11) is 3.30. The molecule has 1 aromatic carbocycles. The molecule has 0 spiro atoms. The highest BCUT2D eigenvalue weighted by atomic mass is 32.1. The zero-order chi connectivity index (χ0) is 14.2. The van der Waals surface area contributed by atoms with Crippen LogP contribution in [0.5, 0.6) is 11.5 Å². The maximum atomic E-state index is 6.33. The van der Waals surface area contributed by atoms with Crippen molar-refractivity contribution in [3.05, 3.63) is 28.6 Å². The third-order valence-electron chi connectivity index (χ3n) is 3.86. The van der Waals surface area contributed by atoms with E-state index in [0.29, 0.717) is 0 Å². The zero-order valence-corrected chi connectivity index (χ0v) is 12.5. The number of thiazole rings is 1. The first-order chi connectivity index (χ1) is 9.66. The van der Waals surface area contributed by atoms with Crippen molar-refractivity contribution in [1.82, 2.24) is 4.98 Å². The molecule has 2 aromatic rings. The molecule has 1 aliphatic rings. The molecule has 1 heterocycles. The van der Waals surface area contributed by atoms with Crippen molar-refractivity contribution in [3.8, 4) is 22.8 Å². The van der Waals surface area contributed by atoms with Gasteiger partial charge in [-0.1, -0.05) is 0 Å². The van der Waals surface area contributed by atoms with Crippen LogP contribution in [0, 0.1) is 0 Å². The number of ether oxygens (including phenoxy) is 2. The summed E-state index contributed by atoms with van der Waals surface area (Å²) in [5.74, 6) is 1.54. The number of benzene rings is 1. The standard InChI is InChI=1S/C15H18N2O2S/c1-18-10-4-5-11(13(8-10)19-2)12-9-20-14(17-12)15(16)6-3-7-15/h4-5,8-9H,3,6-7,16H2,1-2H3. The van der Waals surface area contributed by atoms with E-state index >= 15 is 0 Å². The summed E-state index contributed by atoms with van der Waals surface area (Å²) in [4.78, 5) is 4.71. The van der Waals surface area contributed by atoms with E-state index in [-0.39, 0.29) is 5.54 Å². The van der Waals surface area contributed by atoms with E-state index < -0.39 is 0 Å². The van der Waals surface area contributed by atoms with Crippen molar-refractivity contribution in [2.24, 2.45) is 5.73 Å². The van der Waals surface area contributed by atoms with Crippen LogP contribution in [-0.2, 0) is 5.54 Å². The molecule has 2 N–H and O–H groups in total. The number of methoxy groups -OCH3 is 2. The lowest BCUT2D eigenvalue weighted by Crippen LogP contribution is -2.43. The first kappa shape index (κ1) is 13.4. The van der Waals surface area contributed by atoms with Crippen LogP contribution in [-0.4, -0.2) is 19.2 Å². The molecule has 1 saturated carbocycles. The number of hydrogen-bond acceptors (Lipinski definition) is 5. The first-order valence-corrected chi connectivity index (χ1v) is 7.51. The van der Waals surface area contributed by atoms with Gasteiger partial charge in [0.05, 0.1) is 25.5 Å². The molecule has 1 aliphatic carbocycles. The van der Waals surface area contributed by atoms with Crippen molar-refractivity contribution in [2.75, 3.05) is 14.2 Å². The summed E-state index contributed by atoms with van der Waals surface area (Å²) in [6.07, 6.45) is 3.25. The summed E-state index contributed by atoms with van der Waals surface area (Å²) in [6, 6.07) is 5.76. The quantitative estimate of drug-likeness (QED) is 0.939. The third kappa shape index (κ3) is 2.17. The number of nitrogens with zero attached hydrogens (tertiary/aromatic N) is 1. The van der Waals surface area contributed by atoms with Gasteiger partial charge in [-0.05, 0) is 31.4 Å². The van der Waals surface area contributed by atoms with E-state index in [2.05, 4.69) is 0 Å². The van der Waals surface area contributed by atoms with E-state index in [9.17, 15) is 0 Å². The maximum absolute atomic E-state index is 6.33. The lowest BCUT2D eigenvalue weighted by Gasteiger charge is -2.35. The Labute approximate surface area is 122 Å². The molecular weight excluding hydrogens is 272 g/mol. The Morgan fingerprint density at radius 3 is 2.65 bits per heavy atom. The Morgan fingerprint density at radius 2 is 2.05 bits per heavy atom. The average molecular weight is 290 g/mol. The number of nitrogens with two attached hydrogens (primary N) is 1. The SMILES string of the molecule is COc1ccc(-c2csc(C3(N)CCC3)n2)c(OC)c1. The minimum absolute atomic E-state index is 0.206. The molecule has 0 unspecified atom stereocenters. The van der Waals surface area contributed by atoms with Crippen LogP contribution in [0.4, 0.5) is 0 Å². The molecule has 0 radical (unpaired) electrons. The van der Waals surface area contributed by atoms with Gasteiger partial charge in [0.2, 0.25) is 0 Å². The predicted molar refractivity (Wildman–Crippen MR) is 80.4 cm³/mol. The van der Waals surface area contributed by atoms with E-state index in [0.717, 1.165) is 40.6 Å². The molecule has 0 atom stereocenters. The minimum Gasteiger partial charge on any atom is -0.497 e. The Morgan fingerprint density at radius 1 is 1.25 bits per heavy atom. The van der Waals surface area contributed by atoms with Crippen molar-refractivity contribution >= 4 is 11.3 Å². The molecule has 4 nitrogen and oxygen atoms in total. The second-order valence-corrected chi connectivity index (χ2v) is 5.97. The van der Waals surface area contributed by atoms with Crippen molar-refractivity contribution < 1.29 is 9.47 Å². The van der Waals surface area contributed by atoms with Crippen molar-refractivity contribution in [1.29, 1.82) is 0 Å². The first-order valence-electron chi connectivity index (χ1n) is 6.63. The Hall–Kier alpha value is -1.59. The molecule has 106 valence electrons. The smallest absolute Gasteiger partial charge is 0.131 e. The second kappa shape index (κ2) is 5.07. The van der Waals surface area contributed by atoms with Gasteiger partial charge in [-0.25, -0.2) is 4.98 Å². The molecule has 3 rings (SSSR count). The number of rotatable bonds is 4. The molecule has 0 aliphatic heterocycles. The molecule has 5 heteroatoms. The van der Waals surface area contributed by atoms with Crippen LogP contribution < -0.4 is 15.2 Å². The molecule has 0 saturated heterocycles. The van der Waals surface area contributed by atoms with Gasteiger partial charge >= 0.3 is 0 Å². The largest absolute Gasteiger partial charge is 0.497 e. The van der Waals surface area contributed by atoms with Crippen LogP contribution in [0.15, 0.2) is 23.6 Å². The van der Waals surface area contributed by atoms with Gasteiger partial charge in [0, 0.05) is 17.0 Å². The fourth-order valence-corrected chi connectivity index (χ4v) is 3.40. The van der Waals surface area contributed by atoms with Gasteiger partial charge in [-0.2, -0.15) is 0 Å². The molecule has 1 aromatic heterocycles. The highest BCUT2D eigenvalue weighted by molar-refractivity contribution is 7.10. The molecule has 0 amide bonds. The monoisotopic (exact) mass is 290 g/mol. The van der Waals surface area contributed by atoms with E-state index in [1.165, 1.54) is 6.42 Å². The van der Waals surface area contributed by atoms with E-state index in [4.69, 9.17) is 20.2 Å². The van der Waals surface area contributed by atoms with Crippen molar-refractivity contribution in [2.45, 2.75) is 24.8 Å². The summed E-state index contributed by atoms with van der Waals surface area (Å²) in [5.41, 5.74) is 8.01. The fourth-order valence-electron chi connectivity index (χ4n) is 2.41. The summed E-state index contributed by atoms with van der Waals surface area (Å²) in [6.45, 7) is 0. The van der Waals surface area contributed by atoms with Gasteiger partial charge in [-0.15, -0.1) is 11.3 Å². The van der Waals surface area contributed by atoms with Gasteiger partial charge in [0.1, 0.15) is 16.5 Å². The molecule has 0 bridgehead atoms. The van der Waals surface area contributed by atoms with Gasteiger partial charge in [0.15, 0.2) is 0 Å². The molecule has 20 heavy (non-hydrogen) atoms. The van der Waals surface area contributed by atoms with Crippen LogP contribution in [0.25, 0.3) is 11.3 Å².